The highest BCUT2D eigenvalue weighted by atomic mass is 19.1. The van der Waals surface area contributed by atoms with Crippen molar-refractivity contribution in [2.24, 2.45) is 0 Å². The van der Waals surface area contributed by atoms with Gasteiger partial charge in [0, 0.05) is 31.4 Å². The molecule has 1 N–H and O–H groups in total. The van der Waals surface area contributed by atoms with Crippen molar-refractivity contribution >= 4 is 5.97 Å². The van der Waals surface area contributed by atoms with Crippen LogP contribution in [0.25, 0.3) is 0 Å². The van der Waals surface area contributed by atoms with E-state index >= 15 is 0 Å². The van der Waals surface area contributed by atoms with Crippen LogP contribution in [0, 0.1) is 5.82 Å². The van der Waals surface area contributed by atoms with Gasteiger partial charge in [-0.25, -0.2) is 9.18 Å². The first-order valence-corrected chi connectivity index (χ1v) is 8.67. The number of rotatable bonds is 5. The molecule has 2 aromatic rings. The Kier molecular flexibility index (Phi) is 4.90. The third kappa shape index (κ3) is 3.44. The lowest BCUT2D eigenvalue weighted by Crippen LogP contribution is -2.51. The maximum absolute atomic E-state index is 13.8. The molecular formula is C19H24FN3O2. The molecule has 1 aromatic heterocycles. The molecule has 0 atom stereocenters. The summed E-state index contributed by atoms with van der Waals surface area (Å²) in [7, 11) is 0. The summed E-state index contributed by atoms with van der Waals surface area (Å²) in [6, 6.07) is 8.62. The van der Waals surface area contributed by atoms with Crippen molar-refractivity contribution in [2.75, 3.05) is 13.1 Å². The Morgan fingerprint density at radius 1 is 1.28 bits per heavy atom. The lowest BCUT2D eigenvalue weighted by molar-refractivity contribution is -0.151. The van der Waals surface area contributed by atoms with E-state index < -0.39 is 11.5 Å². The van der Waals surface area contributed by atoms with Crippen molar-refractivity contribution < 1.29 is 14.3 Å². The number of aliphatic carboxylic acids is 1. The van der Waals surface area contributed by atoms with Gasteiger partial charge in [-0.05, 0) is 30.9 Å². The number of carboxylic acid groups (broad SMARTS) is 1. The Bertz CT molecular complexity index is 749. The molecule has 25 heavy (non-hydrogen) atoms. The highest BCUT2D eigenvalue weighted by Crippen LogP contribution is 2.31. The number of hydrogen-bond acceptors (Lipinski definition) is 3. The Labute approximate surface area is 147 Å². The number of hydrogen-bond donors (Lipinski definition) is 1. The smallest absolute Gasteiger partial charge is 0.331 e. The van der Waals surface area contributed by atoms with Gasteiger partial charge in [0.05, 0.1) is 5.69 Å². The average Bonchev–Trinajstić information content (AvgIpc) is 3.08. The molecule has 0 saturated carbocycles. The van der Waals surface area contributed by atoms with Crippen LogP contribution in [0.4, 0.5) is 4.39 Å². The van der Waals surface area contributed by atoms with Crippen LogP contribution in [-0.4, -0.2) is 38.8 Å². The normalized spacial score (nSPS) is 17.8. The van der Waals surface area contributed by atoms with E-state index in [4.69, 9.17) is 0 Å². The maximum atomic E-state index is 13.8. The molecule has 0 spiro atoms. The van der Waals surface area contributed by atoms with Gasteiger partial charge in [-0.1, -0.05) is 32.0 Å². The van der Waals surface area contributed by atoms with Gasteiger partial charge in [0.25, 0.3) is 0 Å². The molecule has 6 heteroatoms. The number of halogens is 1. The minimum Gasteiger partial charge on any atom is -0.479 e. The lowest BCUT2D eigenvalue weighted by Gasteiger charge is -2.39. The Morgan fingerprint density at radius 3 is 2.52 bits per heavy atom. The van der Waals surface area contributed by atoms with Crippen molar-refractivity contribution in [1.29, 1.82) is 0 Å². The van der Waals surface area contributed by atoms with Crippen molar-refractivity contribution in [3.05, 3.63) is 53.6 Å². The standard InChI is InChI=1S/C19H24FN3O2/c1-14(2)17-7-10-23(21-17)19(18(24)25)8-11-22(12-9-19)13-15-5-3-4-6-16(15)20/h3-7,10,14H,8-9,11-13H2,1-2H3,(H,24,25). The zero-order valence-electron chi connectivity index (χ0n) is 14.7. The highest BCUT2D eigenvalue weighted by molar-refractivity contribution is 5.76. The molecule has 0 unspecified atom stereocenters. The fourth-order valence-corrected chi connectivity index (χ4v) is 3.37. The summed E-state index contributed by atoms with van der Waals surface area (Å²) in [5.41, 5.74) is 0.528. The van der Waals surface area contributed by atoms with E-state index in [1.54, 1.807) is 23.0 Å². The first kappa shape index (κ1) is 17.6. The van der Waals surface area contributed by atoms with Gasteiger partial charge in [-0.15, -0.1) is 0 Å². The van der Waals surface area contributed by atoms with Crippen molar-refractivity contribution in [2.45, 2.75) is 44.7 Å². The lowest BCUT2D eigenvalue weighted by atomic mass is 9.87. The van der Waals surface area contributed by atoms with E-state index in [0.29, 0.717) is 38.0 Å². The molecule has 0 bridgehead atoms. The van der Waals surface area contributed by atoms with Gasteiger partial charge in [0.1, 0.15) is 5.82 Å². The molecule has 0 amide bonds. The van der Waals surface area contributed by atoms with Crippen LogP contribution in [-0.2, 0) is 16.9 Å². The molecule has 0 radical (unpaired) electrons. The van der Waals surface area contributed by atoms with Crippen LogP contribution in [0.2, 0.25) is 0 Å². The molecule has 2 heterocycles. The summed E-state index contributed by atoms with van der Waals surface area (Å²) in [5.74, 6) is -0.809. The fraction of sp³-hybridized carbons (Fsp3) is 0.474. The predicted molar refractivity (Wildman–Crippen MR) is 92.8 cm³/mol. The molecule has 1 aliphatic rings. The highest BCUT2D eigenvalue weighted by Gasteiger charge is 2.44. The number of carboxylic acids is 1. The van der Waals surface area contributed by atoms with Crippen molar-refractivity contribution in [1.82, 2.24) is 14.7 Å². The number of aromatic nitrogens is 2. The summed E-state index contributed by atoms with van der Waals surface area (Å²) in [5, 5.41) is 14.4. The van der Waals surface area contributed by atoms with Gasteiger partial charge in [0.15, 0.2) is 5.54 Å². The topological polar surface area (TPSA) is 58.4 Å². The Morgan fingerprint density at radius 2 is 1.96 bits per heavy atom. The van der Waals surface area contributed by atoms with Gasteiger partial charge in [-0.3, -0.25) is 9.58 Å². The van der Waals surface area contributed by atoms with E-state index in [-0.39, 0.29) is 11.7 Å². The molecule has 3 rings (SSSR count). The minimum absolute atomic E-state index is 0.216. The number of likely N-dealkylation sites (tertiary alicyclic amines) is 1. The Balaban J connectivity index is 1.74. The minimum atomic E-state index is -1.02. The first-order chi connectivity index (χ1) is 11.9. The zero-order chi connectivity index (χ0) is 18.0. The maximum Gasteiger partial charge on any atom is 0.331 e. The van der Waals surface area contributed by atoms with Crippen LogP contribution in [0.15, 0.2) is 36.5 Å². The molecule has 1 saturated heterocycles. The largest absolute Gasteiger partial charge is 0.479 e. The first-order valence-electron chi connectivity index (χ1n) is 8.67. The predicted octanol–water partition coefficient (Wildman–Crippen LogP) is 3.22. The number of nitrogens with zero attached hydrogens (tertiary/aromatic N) is 3. The zero-order valence-corrected chi connectivity index (χ0v) is 14.7. The van der Waals surface area contributed by atoms with Crippen LogP contribution in [0.1, 0.15) is 43.9 Å². The quantitative estimate of drug-likeness (QED) is 0.904. The summed E-state index contributed by atoms with van der Waals surface area (Å²) >= 11 is 0. The number of piperidine rings is 1. The second-order valence-corrected chi connectivity index (χ2v) is 7.04. The van der Waals surface area contributed by atoms with Gasteiger partial charge < -0.3 is 5.11 Å². The van der Waals surface area contributed by atoms with E-state index in [2.05, 4.69) is 10.00 Å². The van der Waals surface area contributed by atoms with E-state index in [1.165, 1.54) is 6.07 Å². The van der Waals surface area contributed by atoms with Crippen LogP contribution < -0.4 is 0 Å². The summed E-state index contributed by atoms with van der Waals surface area (Å²) in [6.07, 6.45) is 2.68. The molecule has 5 nitrogen and oxygen atoms in total. The summed E-state index contributed by atoms with van der Waals surface area (Å²) < 4.78 is 15.4. The van der Waals surface area contributed by atoms with Crippen molar-refractivity contribution in [3.8, 4) is 0 Å². The third-order valence-corrected chi connectivity index (χ3v) is 5.07. The number of carbonyl (C=O) groups is 1. The molecule has 1 fully saturated rings. The molecular weight excluding hydrogens is 321 g/mol. The van der Waals surface area contributed by atoms with Gasteiger partial charge >= 0.3 is 5.97 Å². The fourth-order valence-electron chi connectivity index (χ4n) is 3.37. The second kappa shape index (κ2) is 6.96. The molecule has 1 aliphatic heterocycles. The molecule has 0 aliphatic carbocycles. The molecule has 1 aromatic carbocycles. The summed E-state index contributed by atoms with van der Waals surface area (Å²) in [4.78, 5) is 14.1. The Hall–Kier alpha value is -2.21. The van der Waals surface area contributed by atoms with E-state index in [0.717, 1.165) is 5.69 Å². The molecule has 134 valence electrons. The van der Waals surface area contributed by atoms with E-state index in [1.807, 2.05) is 26.0 Å². The van der Waals surface area contributed by atoms with Gasteiger partial charge in [-0.2, -0.15) is 5.10 Å². The van der Waals surface area contributed by atoms with Crippen LogP contribution >= 0.6 is 0 Å². The van der Waals surface area contributed by atoms with E-state index in [9.17, 15) is 14.3 Å². The summed E-state index contributed by atoms with van der Waals surface area (Å²) in [6.45, 7) is 5.77. The second-order valence-electron chi connectivity index (χ2n) is 7.04. The average molecular weight is 345 g/mol. The van der Waals surface area contributed by atoms with Crippen LogP contribution in [0.5, 0.6) is 0 Å². The SMILES string of the molecule is CC(C)c1ccn(C2(C(=O)O)CCN(Cc3ccccc3F)CC2)n1. The monoisotopic (exact) mass is 345 g/mol. The van der Waals surface area contributed by atoms with Crippen molar-refractivity contribution in [3.63, 3.8) is 0 Å². The third-order valence-electron chi connectivity index (χ3n) is 5.07. The van der Waals surface area contributed by atoms with Crippen LogP contribution in [0.3, 0.4) is 0 Å². The number of benzene rings is 1. The van der Waals surface area contributed by atoms with Gasteiger partial charge in [0.2, 0.25) is 0 Å².